The van der Waals surface area contributed by atoms with Gasteiger partial charge >= 0.3 is 0 Å². The van der Waals surface area contributed by atoms with Crippen LogP contribution in [-0.2, 0) is 6.42 Å². The van der Waals surface area contributed by atoms with E-state index in [1.54, 1.807) is 6.07 Å². The van der Waals surface area contributed by atoms with Crippen LogP contribution in [0.3, 0.4) is 0 Å². The average Bonchev–Trinajstić information content (AvgIpc) is 2.36. The standard InChI is InChI=1S/C12H14ClNO3/c1-14-3-2-8-6-10(13)9(7-15)12-11(8)16-4-5-17-12/h6-7,14H,2-5H2,1H3. The highest BCUT2D eigenvalue weighted by atomic mass is 35.5. The van der Waals surface area contributed by atoms with Gasteiger partial charge in [-0.3, -0.25) is 4.79 Å². The summed E-state index contributed by atoms with van der Waals surface area (Å²) in [5, 5.41) is 3.47. The Kier molecular flexibility index (Phi) is 3.86. The van der Waals surface area contributed by atoms with Crippen LogP contribution < -0.4 is 14.8 Å². The Balaban J connectivity index is 2.46. The average molecular weight is 256 g/mol. The summed E-state index contributed by atoms with van der Waals surface area (Å²) in [6.45, 7) is 1.76. The molecule has 0 atom stereocenters. The number of nitrogens with one attached hydrogen (secondary N) is 1. The van der Waals surface area contributed by atoms with Crippen LogP contribution >= 0.6 is 11.6 Å². The monoisotopic (exact) mass is 255 g/mol. The summed E-state index contributed by atoms with van der Waals surface area (Å²) in [7, 11) is 1.88. The van der Waals surface area contributed by atoms with Crippen molar-refractivity contribution < 1.29 is 14.3 Å². The normalized spacial score (nSPS) is 13.5. The number of likely N-dealkylation sites (N-methyl/N-ethyl adjacent to an activating group) is 1. The lowest BCUT2D eigenvalue weighted by Crippen LogP contribution is -2.19. The van der Waals surface area contributed by atoms with Crippen molar-refractivity contribution in [3.8, 4) is 11.5 Å². The van der Waals surface area contributed by atoms with Crippen molar-refractivity contribution >= 4 is 17.9 Å². The van der Waals surface area contributed by atoms with Crippen LogP contribution in [0.25, 0.3) is 0 Å². The molecule has 2 rings (SSSR count). The Morgan fingerprint density at radius 3 is 2.76 bits per heavy atom. The fourth-order valence-electron chi connectivity index (χ4n) is 1.82. The van der Waals surface area contributed by atoms with Crippen molar-refractivity contribution in [1.29, 1.82) is 0 Å². The Labute approximate surface area is 105 Å². The first-order chi connectivity index (χ1) is 8.27. The number of benzene rings is 1. The lowest BCUT2D eigenvalue weighted by atomic mass is 10.1. The van der Waals surface area contributed by atoms with Crippen molar-refractivity contribution in [3.63, 3.8) is 0 Å². The summed E-state index contributed by atoms with van der Waals surface area (Å²) in [5.41, 5.74) is 1.33. The number of hydrogen-bond acceptors (Lipinski definition) is 4. The second-order valence-corrected chi connectivity index (χ2v) is 4.16. The van der Waals surface area contributed by atoms with Gasteiger partial charge in [0, 0.05) is 5.56 Å². The van der Waals surface area contributed by atoms with Gasteiger partial charge < -0.3 is 14.8 Å². The van der Waals surface area contributed by atoms with Crippen molar-refractivity contribution in [2.45, 2.75) is 6.42 Å². The molecule has 0 radical (unpaired) electrons. The molecule has 92 valence electrons. The van der Waals surface area contributed by atoms with Gasteiger partial charge in [0.05, 0.1) is 10.6 Å². The number of ether oxygens (including phenoxy) is 2. The summed E-state index contributed by atoms with van der Waals surface area (Å²) in [6, 6.07) is 1.77. The number of rotatable bonds is 4. The van der Waals surface area contributed by atoms with E-state index in [-0.39, 0.29) is 0 Å². The molecular weight excluding hydrogens is 242 g/mol. The van der Waals surface area contributed by atoms with Crippen molar-refractivity contribution in [1.82, 2.24) is 5.32 Å². The van der Waals surface area contributed by atoms with Crippen LogP contribution in [0.15, 0.2) is 6.07 Å². The minimum atomic E-state index is 0.370. The van der Waals surface area contributed by atoms with Crippen LogP contribution in [-0.4, -0.2) is 33.1 Å². The molecule has 1 aromatic carbocycles. The first-order valence-electron chi connectivity index (χ1n) is 5.48. The maximum absolute atomic E-state index is 11.0. The highest BCUT2D eigenvalue weighted by molar-refractivity contribution is 6.33. The number of fused-ring (bicyclic) bond motifs is 1. The molecule has 0 aliphatic carbocycles. The largest absolute Gasteiger partial charge is 0.486 e. The van der Waals surface area contributed by atoms with E-state index in [4.69, 9.17) is 21.1 Å². The van der Waals surface area contributed by atoms with Crippen LogP contribution in [0, 0.1) is 0 Å². The van der Waals surface area contributed by atoms with E-state index in [1.807, 2.05) is 7.05 Å². The molecule has 0 bridgehead atoms. The highest BCUT2D eigenvalue weighted by Crippen LogP contribution is 2.40. The van der Waals surface area contributed by atoms with Crippen LogP contribution in [0.1, 0.15) is 15.9 Å². The zero-order chi connectivity index (χ0) is 12.3. The van der Waals surface area contributed by atoms with E-state index in [1.165, 1.54) is 0 Å². The Morgan fingerprint density at radius 1 is 1.41 bits per heavy atom. The number of aldehydes is 1. The van der Waals surface area contributed by atoms with Gasteiger partial charge in [-0.2, -0.15) is 0 Å². The molecule has 0 unspecified atom stereocenters. The zero-order valence-corrected chi connectivity index (χ0v) is 10.3. The molecule has 0 saturated carbocycles. The maximum Gasteiger partial charge on any atom is 0.173 e. The van der Waals surface area contributed by atoms with Gasteiger partial charge in [0.25, 0.3) is 0 Å². The lowest BCUT2D eigenvalue weighted by molar-refractivity contribution is 0.111. The summed E-state index contributed by atoms with van der Waals surface area (Å²) in [6.07, 6.45) is 1.48. The molecule has 0 saturated heterocycles. The molecule has 1 aromatic rings. The van der Waals surface area contributed by atoms with Crippen LogP contribution in [0.5, 0.6) is 11.5 Å². The molecule has 1 heterocycles. The minimum absolute atomic E-state index is 0.370. The summed E-state index contributed by atoms with van der Waals surface area (Å²) >= 11 is 6.06. The quantitative estimate of drug-likeness (QED) is 0.832. The number of halogens is 1. The number of hydrogen-bond donors (Lipinski definition) is 1. The van der Waals surface area contributed by atoms with Gasteiger partial charge in [0.1, 0.15) is 13.2 Å². The molecule has 1 aliphatic rings. The lowest BCUT2D eigenvalue weighted by Gasteiger charge is -2.23. The van der Waals surface area contributed by atoms with E-state index in [0.29, 0.717) is 41.6 Å². The molecular formula is C12H14ClNO3. The van der Waals surface area contributed by atoms with Crippen LogP contribution in [0.2, 0.25) is 5.02 Å². The van der Waals surface area contributed by atoms with Crippen LogP contribution in [0.4, 0.5) is 0 Å². The first-order valence-corrected chi connectivity index (χ1v) is 5.86. The third-order valence-electron chi connectivity index (χ3n) is 2.64. The fraction of sp³-hybridized carbons (Fsp3) is 0.417. The SMILES string of the molecule is CNCCc1cc(Cl)c(C=O)c2c1OCCO2. The Bertz CT molecular complexity index is 434. The molecule has 17 heavy (non-hydrogen) atoms. The van der Waals surface area contributed by atoms with E-state index in [2.05, 4.69) is 5.32 Å². The molecule has 4 nitrogen and oxygen atoms in total. The molecule has 0 aromatic heterocycles. The summed E-state index contributed by atoms with van der Waals surface area (Å²) in [5.74, 6) is 1.13. The first kappa shape index (κ1) is 12.2. The molecule has 1 aliphatic heterocycles. The topological polar surface area (TPSA) is 47.6 Å². The predicted octanol–water partition coefficient (Wildman–Crippen LogP) is 1.69. The van der Waals surface area contributed by atoms with Gasteiger partial charge in [0.15, 0.2) is 17.8 Å². The fourth-order valence-corrected chi connectivity index (χ4v) is 2.08. The van der Waals surface area contributed by atoms with Crippen molar-refractivity contribution in [3.05, 3.63) is 22.2 Å². The second kappa shape index (κ2) is 5.38. The summed E-state index contributed by atoms with van der Waals surface area (Å²) in [4.78, 5) is 11.0. The Hall–Kier alpha value is -1.26. The van der Waals surface area contributed by atoms with Gasteiger partial charge in [-0.1, -0.05) is 11.6 Å². The van der Waals surface area contributed by atoms with Gasteiger partial charge in [-0.05, 0) is 26.1 Å². The molecule has 0 fully saturated rings. The van der Waals surface area contributed by atoms with Gasteiger partial charge in [-0.15, -0.1) is 0 Å². The molecule has 0 spiro atoms. The summed E-state index contributed by atoms with van der Waals surface area (Å²) < 4.78 is 11.1. The highest BCUT2D eigenvalue weighted by Gasteiger charge is 2.22. The van der Waals surface area contributed by atoms with E-state index in [9.17, 15) is 4.79 Å². The Morgan fingerprint density at radius 2 is 2.12 bits per heavy atom. The van der Waals surface area contributed by atoms with Gasteiger partial charge in [0.2, 0.25) is 0 Å². The molecule has 1 N–H and O–H groups in total. The van der Waals surface area contributed by atoms with E-state index < -0.39 is 0 Å². The maximum atomic E-state index is 11.0. The molecule has 0 amide bonds. The van der Waals surface area contributed by atoms with Crippen molar-refractivity contribution in [2.75, 3.05) is 26.8 Å². The predicted molar refractivity (Wildman–Crippen MR) is 65.5 cm³/mol. The van der Waals surface area contributed by atoms with E-state index in [0.717, 1.165) is 18.5 Å². The number of carbonyl (C=O) groups is 1. The minimum Gasteiger partial charge on any atom is -0.486 e. The zero-order valence-electron chi connectivity index (χ0n) is 9.59. The second-order valence-electron chi connectivity index (χ2n) is 3.76. The number of carbonyl (C=O) groups excluding carboxylic acids is 1. The molecule has 5 heteroatoms. The third-order valence-corrected chi connectivity index (χ3v) is 2.95. The van der Waals surface area contributed by atoms with E-state index >= 15 is 0 Å². The van der Waals surface area contributed by atoms with Crippen molar-refractivity contribution in [2.24, 2.45) is 0 Å². The van der Waals surface area contributed by atoms with Gasteiger partial charge in [-0.25, -0.2) is 0 Å². The third kappa shape index (κ3) is 2.37. The smallest absolute Gasteiger partial charge is 0.173 e.